The van der Waals surface area contributed by atoms with E-state index in [1.54, 1.807) is 37.4 Å². The highest BCUT2D eigenvalue weighted by atomic mass is 35.5. The Labute approximate surface area is 203 Å². The van der Waals surface area contributed by atoms with E-state index in [0.717, 1.165) is 11.1 Å². The fraction of sp³-hybridized carbons (Fsp3) is 0.200. The van der Waals surface area contributed by atoms with Crippen LogP contribution in [0.5, 0.6) is 17.2 Å². The van der Waals surface area contributed by atoms with Gasteiger partial charge in [-0.25, -0.2) is 9.80 Å². The fourth-order valence-electron chi connectivity index (χ4n) is 3.14. The Morgan fingerprint density at radius 1 is 0.882 bits per heavy atom. The number of urea groups is 1. The van der Waals surface area contributed by atoms with Crippen LogP contribution < -0.4 is 25.0 Å². The minimum Gasteiger partial charge on any atom is -0.495 e. The molecule has 9 heteroatoms. The molecule has 3 aromatic rings. The second-order valence-corrected chi connectivity index (χ2v) is 7.60. The highest BCUT2D eigenvalue weighted by molar-refractivity contribution is 6.32. The van der Waals surface area contributed by atoms with Crippen molar-refractivity contribution in [3.05, 3.63) is 88.4 Å². The standard InChI is InChI=1S/C25H26ClN3O5/c1-27-25(31)29(28-24(30)19-10-12-21(32-2)20(26)14-19)15-18-9-11-22(23(13-18)33-3)34-16-17-7-5-4-6-8-17/h4-14H,15-16H2,1-3H3,(H,27,31)(H,28,30). The Bertz CT molecular complexity index is 1140. The molecule has 178 valence electrons. The molecule has 0 radical (unpaired) electrons. The Balaban J connectivity index is 1.73. The molecule has 3 rings (SSSR count). The first-order valence-electron chi connectivity index (χ1n) is 10.4. The number of carbonyl (C=O) groups is 2. The molecule has 2 N–H and O–H groups in total. The molecule has 3 amide bonds. The average molecular weight is 484 g/mol. The van der Waals surface area contributed by atoms with Crippen molar-refractivity contribution in [2.75, 3.05) is 21.3 Å². The largest absolute Gasteiger partial charge is 0.495 e. The third kappa shape index (κ3) is 6.32. The first-order chi connectivity index (χ1) is 16.4. The number of hydrogen-bond donors (Lipinski definition) is 2. The molecule has 8 nitrogen and oxygen atoms in total. The van der Waals surface area contributed by atoms with Gasteiger partial charge in [-0.2, -0.15) is 0 Å². The van der Waals surface area contributed by atoms with Gasteiger partial charge in [-0.1, -0.05) is 48.0 Å². The second-order valence-electron chi connectivity index (χ2n) is 7.19. The first-order valence-corrected chi connectivity index (χ1v) is 10.8. The maximum absolute atomic E-state index is 12.7. The first kappa shape index (κ1) is 24.7. The molecule has 0 saturated carbocycles. The normalized spacial score (nSPS) is 10.2. The van der Waals surface area contributed by atoms with Gasteiger partial charge in [0.05, 0.1) is 25.8 Å². The van der Waals surface area contributed by atoms with Crippen molar-refractivity contribution in [3.63, 3.8) is 0 Å². The summed E-state index contributed by atoms with van der Waals surface area (Å²) in [4.78, 5) is 25.2. The van der Waals surface area contributed by atoms with Gasteiger partial charge in [0.2, 0.25) is 0 Å². The lowest BCUT2D eigenvalue weighted by molar-refractivity contribution is 0.0819. The van der Waals surface area contributed by atoms with E-state index in [2.05, 4.69) is 10.7 Å². The predicted octanol–water partition coefficient (Wildman–Crippen LogP) is 4.42. The molecule has 0 aliphatic rings. The molecule has 3 aromatic carbocycles. The average Bonchev–Trinajstić information content (AvgIpc) is 2.87. The fourth-order valence-corrected chi connectivity index (χ4v) is 3.40. The van der Waals surface area contributed by atoms with Crippen LogP contribution in [-0.4, -0.2) is 38.2 Å². The smallest absolute Gasteiger partial charge is 0.336 e. The zero-order valence-electron chi connectivity index (χ0n) is 19.1. The number of methoxy groups -OCH3 is 2. The van der Waals surface area contributed by atoms with Gasteiger partial charge in [-0.3, -0.25) is 10.2 Å². The summed E-state index contributed by atoms with van der Waals surface area (Å²) in [5.41, 5.74) is 4.64. The molecule has 34 heavy (non-hydrogen) atoms. The summed E-state index contributed by atoms with van der Waals surface area (Å²) >= 11 is 6.12. The van der Waals surface area contributed by atoms with Crippen LogP contribution in [0.4, 0.5) is 4.79 Å². The van der Waals surface area contributed by atoms with E-state index < -0.39 is 11.9 Å². The molecule has 0 aromatic heterocycles. The van der Waals surface area contributed by atoms with Crippen LogP contribution in [0.25, 0.3) is 0 Å². The third-order valence-corrected chi connectivity index (χ3v) is 5.21. The highest BCUT2D eigenvalue weighted by Gasteiger charge is 2.19. The highest BCUT2D eigenvalue weighted by Crippen LogP contribution is 2.29. The number of hydrazine groups is 1. The number of nitrogens with zero attached hydrogens (tertiary/aromatic N) is 1. The molecule has 0 spiro atoms. The van der Waals surface area contributed by atoms with Gasteiger partial charge in [0, 0.05) is 12.6 Å². The van der Waals surface area contributed by atoms with Crippen molar-refractivity contribution in [3.8, 4) is 17.2 Å². The van der Waals surface area contributed by atoms with Crippen molar-refractivity contribution in [1.82, 2.24) is 15.8 Å². The lowest BCUT2D eigenvalue weighted by Gasteiger charge is -2.23. The number of halogens is 1. The van der Waals surface area contributed by atoms with E-state index in [1.165, 1.54) is 25.2 Å². The molecule has 0 fully saturated rings. The quantitative estimate of drug-likeness (QED) is 0.463. The van der Waals surface area contributed by atoms with Crippen LogP contribution in [0.3, 0.4) is 0 Å². The Morgan fingerprint density at radius 3 is 2.24 bits per heavy atom. The Kier molecular flexibility index (Phi) is 8.59. The van der Waals surface area contributed by atoms with Crippen molar-refractivity contribution < 1.29 is 23.8 Å². The summed E-state index contributed by atoms with van der Waals surface area (Å²) in [7, 11) is 4.51. The molecule has 0 atom stereocenters. The molecular weight excluding hydrogens is 458 g/mol. The topological polar surface area (TPSA) is 89.1 Å². The molecular formula is C25H26ClN3O5. The van der Waals surface area contributed by atoms with Crippen LogP contribution in [0, 0.1) is 0 Å². The summed E-state index contributed by atoms with van der Waals surface area (Å²) in [6.45, 7) is 0.478. The Morgan fingerprint density at radius 2 is 1.59 bits per heavy atom. The summed E-state index contributed by atoms with van der Waals surface area (Å²) in [6.07, 6.45) is 0. The zero-order valence-corrected chi connectivity index (χ0v) is 19.9. The number of ether oxygens (including phenoxy) is 3. The molecule has 0 aliphatic carbocycles. The molecule has 0 saturated heterocycles. The van der Waals surface area contributed by atoms with E-state index in [0.29, 0.717) is 23.9 Å². The number of benzene rings is 3. The van der Waals surface area contributed by atoms with Gasteiger partial charge >= 0.3 is 6.03 Å². The second kappa shape index (κ2) is 11.8. The number of hydrogen-bond acceptors (Lipinski definition) is 5. The van der Waals surface area contributed by atoms with Crippen LogP contribution >= 0.6 is 11.6 Å². The summed E-state index contributed by atoms with van der Waals surface area (Å²) < 4.78 is 16.5. The molecule has 0 unspecified atom stereocenters. The summed E-state index contributed by atoms with van der Waals surface area (Å²) in [5.74, 6) is 1.03. The SMILES string of the molecule is CNC(=O)N(Cc1ccc(OCc2ccccc2)c(OC)c1)NC(=O)c1ccc(OC)c(Cl)c1. The van der Waals surface area contributed by atoms with Gasteiger partial charge in [0.25, 0.3) is 5.91 Å². The van der Waals surface area contributed by atoms with Crippen LogP contribution in [0.15, 0.2) is 66.7 Å². The van der Waals surface area contributed by atoms with E-state index in [-0.39, 0.29) is 17.1 Å². The van der Waals surface area contributed by atoms with E-state index >= 15 is 0 Å². The van der Waals surface area contributed by atoms with Crippen LogP contribution in [-0.2, 0) is 13.2 Å². The van der Waals surface area contributed by atoms with E-state index in [9.17, 15) is 9.59 Å². The molecule has 0 aliphatic heterocycles. The number of carbonyl (C=O) groups excluding carboxylic acids is 2. The number of amides is 3. The predicted molar refractivity (Wildman–Crippen MR) is 129 cm³/mol. The van der Waals surface area contributed by atoms with E-state index in [4.69, 9.17) is 25.8 Å². The monoisotopic (exact) mass is 483 g/mol. The van der Waals surface area contributed by atoms with Crippen molar-refractivity contribution in [2.45, 2.75) is 13.2 Å². The van der Waals surface area contributed by atoms with Crippen molar-refractivity contribution in [1.29, 1.82) is 0 Å². The number of nitrogens with one attached hydrogen (secondary N) is 2. The van der Waals surface area contributed by atoms with Crippen LogP contribution in [0.2, 0.25) is 5.02 Å². The van der Waals surface area contributed by atoms with E-state index in [1.807, 2.05) is 30.3 Å². The maximum Gasteiger partial charge on any atom is 0.336 e. The lowest BCUT2D eigenvalue weighted by Crippen LogP contribution is -2.49. The molecule has 0 bridgehead atoms. The summed E-state index contributed by atoms with van der Waals surface area (Å²) in [5, 5.41) is 3.98. The third-order valence-electron chi connectivity index (χ3n) is 4.92. The Hall–Kier alpha value is -3.91. The summed E-state index contributed by atoms with van der Waals surface area (Å²) in [6, 6.07) is 19.2. The van der Waals surface area contributed by atoms with Crippen LogP contribution in [0.1, 0.15) is 21.5 Å². The van der Waals surface area contributed by atoms with Gasteiger partial charge in [0.15, 0.2) is 11.5 Å². The van der Waals surface area contributed by atoms with Crippen molar-refractivity contribution in [2.24, 2.45) is 0 Å². The maximum atomic E-state index is 12.7. The zero-order chi connectivity index (χ0) is 24.5. The number of rotatable bonds is 8. The molecule has 0 heterocycles. The van der Waals surface area contributed by atoms with Crippen molar-refractivity contribution >= 4 is 23.5 Å². The lowest BCUT2D eigenvalue weighted by atomic mass is 10.2. The minimum absolute atomic E-state index is 0.0879. The van der Waals surface area contributed by atoms with Gasteiger partial charge < -0.3 is 19.5 Å². The van der Waals surface area contributed by atoms with Gasteiger partial charge in [-0.05, 0) is 41.5 Å². The van der Waals surface area contributed by atoms with Gasteiger partial charge in [0.1, 0.15) is 12.4 Å². The minimum atomic E-state index is -0.497. The van der Waals surface area contributed by atoms with Gasteiger partial charge in [-0.15, -0.1) is 0 Å².